The topological polar surface area (TPSA) is 56.7 Å². The molecule has 1 aliphatic rings. The van der Waals surface area contributed by atoms with Gasteiger partial charge >= 0.3 is 0 Å². The van der Waals surface area contributed by atoms with Gasteiger partial charge in [-0.2, -0.15) is 0 Å². The molecule has 1 fully saturated rings. The second-order valence-electron chi connectivity index (χ2n) is 6.61. The molecular formula is C18H37N3O. The Labute approximate surface area is 137 Å². The maximum absolute atomic E-state index is 9.13. The van der Waals surface area contributed by atoms with E-state index in [0.29, 0.717) is 5.92 Å². The van der Waals surface area contributed by atoms with Crippen molar-refractivity contribution in [1.82, 2.24) is 10.6 Å². The van der Waals surface area contributed by atoms with E-state index in [1.165, 1.54) is 38.5 Å². The van der Waals surface area contributed by atoms with E-state index in [1.807, 2.05) is 0 Å². The van der Waals surface area contributed by atoms with Crippen LogP contribution < -0.4 is 10.6 Å². The van der Waals surface area contributed by atoms with Crippen LogP contribution in [-0.4, -0.2) is 37.3 Å². The molecule has 0 spiro atoms. The fourth-order valence-corrected chi connectivity index (χ4v) is 3.38. The van der Waals surface area contributed by atoms with E-state index in [9.17, 15) is 0 Å². The van der Waals surface area contributed by atoms with Crippen molar-refractivity contribution in [2.24, 2.45) is 16.8 Å². The average molecular weight is 312 g/mol. The Kier molecular flexibility index (Phi) is 11.2. The van der Waals surface area contributed by atoms with E-state index in [0.717, 1.165) is 50.8 Å². The highest BCUT2D eigenvalue weighted by Crippen LogP contribution is 2.28. The number of hydrogen-bond donors (Lipinski definition) is 3. The molecule has 0 aromatic rings. The molecule has 0 heterocycles. The van der Waals surface area contributed by atoms with Crippen molar-refractivity contribution in [2.45, 2.75) is 71.6 Å². The van der Waals surface area contributed by atoms with Crippen LogP contribution in [0.4, 0.5) is 0 Å². The molecule has 4 heteroatoms. The molecule has 0 aromatic carbocycles. The van der Waals surface area contributed by atoms with Crippen molar-refractivity contribution >= 4 is 5.96 Å². The normalized spacial score (nSPS) is 17.7. The van der Waals surface area contributed by atoms with Gasteiger partial charge in [-0.3, -0.25) is 4.99 Å². The minimum atomic E-state index is 0.269. The van der Waals surface area contributed by atoms with E-state index in [1.54, 1.807) is 0 Å². The van der Waals surface area contributed by atoms with Gasteiger partial charge in [0.2, 0.25) is 0 Å². The first-order chi connectivity index (χ1) is 10.8. The Morgan fingerprint density at radius 3 is 2.59 bits per heavy atom. The Balaban J connectivity index is 2.27. The highest BCUT2D eigenvalue weighted by Gasteiger charge is 2.14. The molecule has 4 nitrogen and oxygen atoms in total. The monoisotopic (exact) mass is 311 g/mol. The zero-order valence-corrected chi connectivity index (χ0v) is 14.7. The van der Waals surface area contributed by atoms with Gasteiger partial charge < -0.3 is 15.7 Å². The first kappa shape index (κ1) is 19.3. The third kappa shape index (κ3) is 8.62. The van der Waals surface area contributed by atoms with Gasteiger partial charge in [0, 0.05) is 26.2 Å². The maximum Gasteiger partial charge on any atom is 0.191 e. The van der Waals surface area contributed by atoms with Crippen LogP contribution >= 0.6 is 0 Å². The summed E-state index contributed by atoms with van der Waals surface area (Å²) in [4.78, 5) is 4.70. The van der Waals surface area contributed by atoms with E-state index < -0.39 is 0 Å². The molecular weight excluding hydrogens is 274 g/mol. The Hall–Kier alpha value is -0.770. The number of nitrogens with one attached hydrogen (secondary N) is 2. The van der Waals surface area contributed by atoms with Crippen LogP contribution in [0.15, 0.2) is 4.99 Å². The van der Waals surface area contributed by atoms with Gasteiger partial charge in [-0.1, -0.05) is 39.0 Å². The number of rotatable bonds is 11. The minimum Gasteiger partial charge on any atom is -0.396 e. The Morgan fingerprint density at radius 1 is 1.18 bits per heavy atom. The van der Waals surface area contributed by atoms with Gasteiger partial charge in [0.25, 0.3) is 0 Å². The van der Waals surface area contributed by atoms with E-state index >= 15 is 0 Å². The summed E-state index contributed by atoms with van der Waals surface area (Å²) in [6, 6.07) is 0. The van der Waals surface area contributed by atoms with E-state index in [4.69, 9.17) is 10.1 Å². The van der Waals surface area contributed by atoms with Gasteiger partial charge in [0.15, 0.2) is 5.96 Å². The first-order valence-electron chi connectivity index (χ1n) is 9.43. The predicted octanol–water partition coefficient (Wildman–Crippen LogP) is 3.31. The zero-order chi connectivity index (χ0) is 16.0. The first-order valence-corrected chi connectivity index (χ1v) is 9.43. The quantitative estimate of drug-likeness (QED) is 0.312. The Bertz CT molecular complexity index is 282. The second kappa shape index (κ2) is 12.7. The highest BCUT2D eigenvalue weighted by molar-refractivity contribution is 5.79. The molecule has 0 bridgehead atoms. The molecule has 0 saturated heterocycles. The molecule has 3 N–H and O–H groups in total. The fourth-order valence-electron chi connectivity index (χ4n) is 3.38. The van der Waals surface area contributed by atoms with Crippen LogP contribution in [0.5, 0.6) is 0 Å². The number of aliphatic hydroxyl groups excluding tert-OH is 1. The van der Waals surface area contributed by atoms with Crippen molar-refractivity contribution in [3.05, 3.63) is 0 Å². The van der Waals surface area contributed by atoms with Crippen LogP contribution in [0.3, 0.4) is 0 Å². The number of aliphatic imine (C=N–C) groups is 1. The molecule has 22 heavy (non-hydrogen) atoms. The molecule has 1 unspecified atom stereocenters. The molecule has 1 rings (SSSR count). The van der Waals surface area contributed by atoms with Crippen LogP contribution in [0, 0.1) is 11.8 Å². The van der Waals surface area contributed by atoms with Crippen molar-refractivity contribution < 1.29 is 5.11 Å². The van der Waals surface area contributed by atoms with Gasteiger partial charge in [-0.05, 0) is 44.4 Å². The third-order valence-corrected chi connectivity index (χ3v) is 4.64. The van der Waals surface area contributed by atoms with E-state index in [2.05, 4.69) is 24.5 Å². The standard InChI is InChI=1S/C18H37N3O/c1-3-8-17(12-14-22)15-21-18(19-4-2)20-13-7-11-16-9-5-6-10-16/h16-17,22H,3-15H2,1-2H3,(H2,19,20,21). The summed E-state index contributed by atoms with van der Waals surface area (Å²) in [5.74, 6) is 2.41. The lowest BCUT2D eigenvalue weighted by atomic mass is 10.0. The summed E-state index contributed by atoms with van der Waals surface area (Å²) in [5.41, 5.74) is 0. The van der Waals surface area contributed by atoms with Crippen molar-refractivity contribution in [3.8, 4) is 0 Å². The Morgan fingerprint density at radius 2 is 1.95 bits per heavy atom. The lowest BCUT2D eigenvalue weighted by Gasteiger charge is -2.16. The second-order valence-corrected chi connectivity index (χ2v) is 6.61. The fraction of sp³-hybridized carbons (Fsp3) is 0.944. The lowest BCUT2D eigenvalue weighted by Crippen LogP contribution is -2.38. The van der Waals surface area contributed by atoms with Gasteiger partial charge in [-0.25, -0.2) is 0 Å². The summed E-state index contributed by atoms with van der Waals surface area (Å²) in [6.07, 6.45) is 11.5. The van der Waals surface area contributed by atoms with Gasteiger partial charge in [0.1, 0.15) is 0 Å². The SMILES string of the molecule is CCCC(CCO)CN=C(NCC)NCCCC1CCCC1. The van der Waals surface area contributed by atoms with Crippen LogP contribution in [0.25, 0.3) is 0 Å². The molecule has 0 aliphatic heterocycles. The summed E-state index contributed by atoms with van der Waals surface area (Å²) in [6.45, 7) is 7.29. The molecule has 1 atom stereocenters. The number of hydrogen-bond acceptors (Lipinski definition) is 2. The van der Waals surface area contributed by atoms with E-state index in [-0.39, 0.29) is 6.61 Å². The van der Waals surface area contributed by atoms with Crippen molar-refractivity contribution in [1.29, 1.82) is 0 Å². The lowest BCUT2D eigenvalue weighted by molar-refractivity contribution is 0.253. The van der Waals surface area contributed by atoms with Gasteiger partial charge in [-0.15, -0.1) is 0 Å². The summed E-state index contributed by atoms with van der Waals surface area (Å²) >= 11 is 0. The average Bonchev–Trinajstić information content (AvgIpc) is 3.02. The van der Waals surface area contributed by atoms with Crippen LogP contribution in [-0.2, 0) is 0 Å². The molecule has 0 radical (unpaired) electrons. The zero-order valence-electron chi connectivity index (χ0n) is 14.7. The largest absolute Gasteiger partial charge is 0.396 e. The number of guanidine groups is 1. The smallest absolute Gasteiger partial charge is 0.191 e. The maximum atomic E-state index is 9.13. The summed E-state index contributed by atoms with van der Waals surface area (Å²) in [5, 5.41) is 15.9. The highest BCUT2D eigenvalue weighted by atomic mass is 16.3. The molecule has 130 valence electrons. The molecule has 0 amide bonds. The molecule has 0 aromatic heterocycles. The number of nitrogens with zero attached hydrogens (tertiary/aromatic N) is 1. The van der Waals surface area contributed by atoms with Crippen molar-refractivity contribution in [3.63, 3.8) is 0 Å². The molecule has 1 saturated carbocycles. The van der Waals surface area contributed by atoms with Crippen molar-refractivity contribution in [2.75, 3.05) is 26.2 Å². The predicted molar refractivity (Wildman–Crippen MR) is 95.3 cm³/mol. The molecule has 1 aliphatic carbocycles. The van der Waals surface area contributed by atoms with Crippen LogP contribution in [0.1, 0.15) is 71.6 Å². The van der Waals surface area contributed by atoms with Crippen LogP contribution in [0.2, 0.25) is 0 Å². The summed E-state index contributed by atoms with van der Waals surface area (Å²) < 4.78 is 0. The number of aliphatic hydroxyl groups is 1. The summed E-state index contributed by atoms with van der Waals surface area (Å²) in [7, 11) is 0. The minimum absolute atomic E-state index is 0.269. The van der Waals surface area contributed by atoms with Gasteiger partial charge in [0.05, 0.1) is 0 Å². The third-order valence-electron chi connectivity index (χ3n) is 4.64.